The van der Waals surface area contributed by atoms with Gasteiger partial charge in [0.05, 0.1) is 6.10 Å². The topological polar surface area (TPSA) is 20.2 Å². The van der Waals surface area contributed by atoms with Crippen molar-refractivity contribution in [3.63, 3.8) is 0 Å². The molecule has 0 heterocycles. The Balaban J connectivity index is 2.08. The standard InChI is InChI=1S/C18H22O/c1-2-18(19)17(13-15-9-5-3-6-10-15)14-16-11-7-4-8-12-16/h3-12,17-19H,2,13-14H2,1H3. The second kappa shape index (κ2) is 7.10. The lowest BCUT2D eigenvalue weighted by Crippen LogP contribution is -2.24. The Labute approximate surface area is 115 Å². The van der Waals surface area contributed by atoms with Crippen LogP contribution in [0.2, 0.25) is 0 Å². The number of rotatable bonds is 6. The van der Waals surface area contributed by atoms with Gasteiger partial charge in [-0.3, -0.25) is 0 Å². The normalized spacial score (nSPS) is 12.6. The zero-order valence-electron chi connectivity index (χ0n) is 11.5. The minimum absolute atomic E-state index is 0.236. The second-order valence-corrected chi connectivity index (χ2v) is 5.12. The lowest BCUT2D eigenvalue weighted by molar-refractivity contribution is 0.103. The highest BCUT2D eigenvalue weighted by Crippen LogP contribution is 2.20. The van der Waals surface area contributed by atoms with Crippen LogP contribution in [0.3, 0.4) is 0 Å². The average molecular weight is 254 g/mol. The molecule has 1 unspecified atom stereocenters. The summed E-state index contributed by atoms with van der Waals surface area (Å²) in [5.41, 5.74) is 2.60. The van der Waals surface area contributed by atoms with Crippen LogP contribution in [0.5, 0.6) is 0 Å². The minimum Gasteiger partial charge on any atom is -0.393 e. The molecule has 0 radical (unpaired) electrons. The molecule has 2 aromatic carbocycles. The van der Waals surface area contributed by atoms with Gasteiger partial charge < -0.3 is 5.11 Å². The number of benzene rings is 2. The molecule has 0 aliphatic rings. The van der Waals surface area contributed by atoms with E-state index in [0.29, 0.717) is 0 Å². The molecule has 0 bridgehead atoms. The molecule has 0 aromatic heterocycles. The summed E-state index contributed by atoms with van der Waals surface area (Å²) < 4.78 is 0. The molecule has 0 saturated carbocycles. The summed E-state index contributed by atoms with van der Waals surface area (Å²) in [6, 6.07) is 20.9. The maximum absolute atomic E-state index is 10.2. The van der Waals surface area contributed by atoms with E-state index in [1.165, 1.54) is 11.1 Å². The van der Waals surface area contributed by atoms with Crippen LogP contribution in [-0.2, 0) is 12.8 Å². The van der Waals surface area contributed by atoms with Crippen LogP contribution in [0.1, 0.15) is 24.5 Å². The van der Waals surface area contributed by atoms with Gasteiger partial charge in [0.25, 0.3) is 0 Å². The van der Waals surface area contributed by atoms with Gasteiger partial charge in [0.2, 0.25) is 0 Å². The molecule has 2 rings (SSSR count). The number of aliphatic hydroxyl groups excluding tert-OH is 1. The lowest BCUT2D eigenvalue weighted by Gasteiger charge is -2.22. The third-order valence-corrected chi connectivity index (χ3v) is 3.64. The summed E-state index contributed by atoms with van der Waals surface area (Å²) in [5, 5.41) is 10.2. The monoisotopic (exact) mass is 254 g/mol. The molecular formula is C18H22O. The zero-order valence-corrected chi connectivity index (χ0v) is 11.5. The highest BCUT2D eigenvalue weighted by molar-refractivity contribution is 5.19. The van der Waals surface area contributed by atoms with E-state index in [9.17, 15) is 5.11 Å². The maximum atomic E-state index is 10.2. The van der Waals surface area contributed by atoms with Gasteiger partial charge >= 0.3 is 0 Å². The van der Waals surface area contributed by atoms with Gasteiger partial charge in [-0.2, -0.15) is 0 Å². The lowest BCUT2D eigenvalue weighted by atomic mass is 9.87. The van der Waals surface area contributed by atoms with Crippen molar-refractivity contribution in [2.45, 2.75) is 32.3 Å². The summed E-state index contributed by atoms with van der Waals surface area (Å²) in [6.45, 7) is 2.05. The number of aliphatic hydroxyl groups is 1. The molecule has 0 aliphatic carbocycles. The van der Waals surface area contributed by atoms with Crippen molar-refractivity contribution in [2.24, 2.45) is 5.92 Å². The van der Waals surface area contributed by atoms with E-state index >= 15 is 0 Å². The van der Waals surface area contributed by atoms with Gasteiger partial charge in [-0.15, -0.1) is 0 Å². The molecule has 1 atom stereocenters. The van der Waals surface area contributed by atoms with Crippen molar-refractivity contribution in [2.75, 3.05) is 0 Å². The van der Waals surface area contributed by atoms with Gasteiger partial charge in [0.1, 0.15) is 0 Å². The Morgan fingerprint density at radius 2 is 1.21 bits per heavy atom. The van der Waals surface area contributed by atoms with Crippen LogP contribution in [0.15, 0.2) is 60.7 Å². The predicted molar refractivity (Wildman–Crippen MR) is 80.1 cm³/mol. The summed E-state index contributed by atoms with van der Waals surface area (Å²) in [7, 11) is 0. The second-order valence-electron chi connectivity index (χ2n) is 5.12. The van der Waals surface area contributed by atoms with Crippen LogP contribution < -0.4 is 0 Å². The largest absolute Gasteiger partial charge is 0.393 e. The van der Waals surface area contributed by atoms with Crippen molar-refractivity contribution in [1.29, 1.82) is 0 Å². The molecule has 100 valence electrons. The molecule has 1 heteroatoms. The van der Waals surface area contributed by atoms with Crippen molar-refractivity contribution < 1.29 is 5.11 Å². The highest BCUT2D eigenvalue weighted by atomic mass is 16.3. The third-order valence-electron chi connectivity index (χ3n) is 3.64. The Kier molecular flexibility index (Phi) is 5.17. The maximum Gasteiger partial charge on any atom is 0.0572 e. The van der Waals surface area contributed by atoms with E-state index in [2.05, 4.69) is 48.5 Å². The fourth-order valence-corrected chi connectivity index (χ4v) is 2.51. The zero-order chi connectivity index (χ0) is 13.5. The van der Waals surface area contributed by atoms with Gasteiger partial charge in [-0.05, 0) is 36.3 Å². The first kappa shape index (κ1) is 13.8. The quantitative estimate of drug-likeness (QED) is 0.830. The highest BCUT2D eigenvalue weighted by Gasteiger charge is 2.18. The van der Waals surface area contributed by atoms with Gasteiger partial charge in [0, 0.05) is 0 Å². The van der Waals surface area contributed by atoms with E-state index in [0.717, 1.165) is 19.3 Å². The van der Waals surface area contributed by atoms with Gasteiger partial charge in [-0.1, -0.05) is 67.6 Å². The molecule has 2 aromatic rings. The molecule has 0 aliphatic heterocycles. The van der Waals surface area contributed by atoms with Crippen molar-refractivity contribution in [1.82, 2.24) is 0 Å². The Morgan fingerprint density at radius 1 is 0.789 bits per heavy atom. The van der Waals surface area contributed by atoms with Gasteiger partial charge in [-0.25, -0.2) is 0 Å². The van der Waals surface area contributed by atoms with Crippen molar-refractivity contribution in [3.05, 3.63) is 71.8 Å². The molecule has 1 nitrogen and oxygen atoms in total. The molecule has 0 spiro atoms. The Hall–Kier alpha value is -1.60. The van der Waals surface area contributed by atoms with Crippen LogP contribution >= 0.6 is 0 Å². The smallest absolute Gasteiger partial charge is 0.0572 e. The molecule has 0 saturated heterocycles. The summed E-state index contributed by atoms with van der Waals surface area (Å²) in [5.74, 6) is 0.287. The fraction of sp³-hybridized carbons (Fsp3) is 0.333. The average Bonchev–Trinajstić information content (AvgIpc) is 2.48. The first-order chi connectivity index (χ1) is 9.29. The SMILES string of the molecule is CCC(O)C(Cc1ccccc1)Cc1ccccc1. The van der Waals surface area contributed by atoms with Crippen LogP contribution in [0, 0.1) is 5.92 Å². The fourth-order valence-electron chi connectivity index (χ4n) is 2.51. The Morgan fingerprint density at radius 3 is 1.58 bits per heavy atom. The third kappa shape index (κ3) is 4.22. The van der Waals surface area contributed by atoms with Crippen LogP contribution in [-0.4, -0.2) is 11.2 Å². The first-order valence-electron chi connectivity index (χ1n) is 7.05. The predicted octanol–water partition coefficient (Wildman–Crippen LogP) is 3.86. The summed E-state index contributed by atoms with van der Waals surface area (Å²) in [4.78, 5) is 0. The van der Waals surface area contributed by atoms with E-state index in [1.807, 2.05) is 19.1 Å². The number of hydrogen-bond donors (Lipinski definition) is 1. The van der Waals surface area contributed by atoms with E-state index < -0.39 is 0 Å². The Bertz CT molecular complexity index is 422. The number of hydrogen-bond acceptors (Lipinski definition) is 1. The van der Waals surface area contributed by atoms with Gasteiger partial charge in [0.15, 0.2) is 0 Å². The van der Waals surface area contributed by atoms with E-state index in [4.69, 9.17) is 0 Å². The molecule has 0 fully saturated rings. The summed E-state index contributed by atoms with van der Waals surface area (Å²) in [6.07, 6.45) is 2.44. The van der Waals surface area contributed by atoms with Crippen LogP contribution in [0.25, 0.3) is 0 Å². The summed E-state index contributed by atoms with van der Waals surface area (Å²) >= 11 is 0. The molecule has 19 heavy (non-hydrogen) atoms. The molecule has 1 N–H and O–H groups in total. The first-order valence-corrected chi connectivity index (χ1v) is 7.05. The molecular weight excluding hydrogens is 232 g/mol. The van der Waals surface area contributed by atoms with Crippen molar-refractivity contribution >= 4 is 0 Å². The van der Waals surface area contributed by atoms with E-state index in [-0.39, 0.29) is 12.0 Å². The van der Waals surface area contributed by atoms with E-state index in [1.54, 1.807) is 0 Å². The molecule has 0 amide bonds. The van der Waals surface area contributed by atoms with Crippen LogP contribution in [0.4, 0.5) is 0 Å². The minimum atomic E-state index is -0.236. The van der Waals surface area contributed by atoms with Crippen molar-refractivity contribution in [3.8, 4) is 0 Å².